The number of halogens is 1. The summed E-state index contributed by atoms with van der Waals surface area (Å²) in [5, 5.41) is 15.2. The molecule has 0 radical (unpaired) electrons. The Labute approximate surface area is 153 Å². The smallest absolute Gasteiger partial charge is 0.335 e. The van der Waals surface area contributed by atoms with Gasteiger partial charge in [-0.05, 0) is 55.0 Å². The third kappa shape index (κ3) is 4.33. The maximum Gasteiger partial charge on any atom is 0.335 e. The summed E-state index contributed by atoms with van der Waals surface area (Å²) in [6.45, 7) is 2.02. The molecule has 126 valence electrons. The molecule has 0 aliphatic heterocycles. The van der Waals surface area contributed by atoms with Crippen LogP contribution in [-0.4, -0.2) is 21.0 Å². The van der Waals surface area contributed by atoms with Gasteiger partial charge in [0.1, 0.15) is 5.82 Å². The molecule has 2 aromatic carbocycles. The second-order valence-electron chi connectivity index (χ2n) is 5.36. The lowest BCUT2D eigenvalue weighted by Gasteiger charge is -2.09. The van der Waals surface area contributed by atoms with Gasteiger partial charge in [0.05, 0.1) is 5.56 Å². The Kier molecular flexibility index (Phi) is 4.95. The molecule has 0 atom stereocenters. The Bertz CT molecular complexity index is 913. The zero-order valence-corrected chi connectivity index (χ0v) is 14.9. The van der Waals surface area contributed by atoms with Crippen molar-refractivity contribution in [1.29, 1.82) is 0 Å². The Morgan fingerprint density at radius 2 is 1.76 bits per heavy atom. The summed E-state index contributed by atoms with van der Waals surface area (Å²) < 4.78 is 1.00. The number of carboxylic acids is 1. The first-order valence-corrected chi connectivity index (χ1v) is 8.27. The van der Waals surface area contributed by atoms with Crippen LogP contribution in [0.4, 0.5) is 23.1 Å². The Morgan fingerprint density at radius 3 is 2.44 bits per heavy atom. The maximum absolute atomic E-state index is 10.9. The lowest BCUT2D eigenvalue weighted by atomic mass is 10.2. The van der Waals surface area contributed by atoms with Gasteiger partial charge in [-0.1, -0.05) is 22.0 Å². The van der Waals surface area contributed by atoms with Crippen LogP contribution in [-0.2, 0) is 0 Å². The summed E-state index contributed by atoms with van der Waals surface area (Å²) in [6.07, 6.45) is 1.65. The zero-order chi connectivity index (χ0) is 17.8. The Balaban J connectivity index is 1.74. The molecular weight excluding hydrogens is 384 g/mol. The SMILES string of the molecule is Cc1ccc(Nc2nccc(Nc3ccc(C(=O)O)cc3)n2)cc1Br. The highest BCUT2D eigenvalue weighted by atomic mass is 79.9. The first-order chi connectivity index (χ1) is 12.0. The standard InChI is InChI=1S/C18H15BrN4O2/c1-11-2-5-14(10-15(11)19)22-18-20-9-8-16(23-18)21-13-6-3-12(4-7-13)17(24)25/h2-10H,1H3,(H,24,25)(H2,20,21,22,23). The van der Waals surface area contributed by atoms with Gasteiger partial charge in [0, 0.05) is 22.0 Å². The molecule has 1 heterocycles. The number of nitrogens with zero attached hydrogens (tertiary/aromatic N) is 2. The minimum Gasteiger partial charge on any atom is -0.478 e. The van der Waals surface area contributed by atoms with Gasteiger partial charge in [-0.25, -0.2) is 9.78 Å². The van der Waals surface area contributed by atoms with Gasteiger partial charge in [0.25, 0.3) is 0 Å². The fourth-order valence-corrected chi connectivity index (χ4v) is 2.51. The molecule has 25 heavy (non-hydrogen) atoms. The molecule has 7 heteroatoms. The lowest BCUT2D eigenvalue weighted by Crippen LogP contribution is -2.01. The average Bonchev–Trinajstić information content (AvgIpc) is 2.59. The molecule has 0 saturated carbocycles. The fourth-order valence-electron chi connectivity index (χ4n) is 2.13. The van der Waals surface area contributed by atoms with E-state index < -0.39 is 5.97 Å². The van der Waals surface area contributed by atoms with E-state index in [2.05, 4.69) is 36.5 Å². The number of hydrogen-bond acceptors (Lipinski definition) is 5. The predicted octanol–water partition coefficient (Wildman–Crippen LogP) is 4.73. The van der Waals surface area contributed by atoms with E-state index in [1.165, 1.54) is 12.1 Å². The molecule has 0 amide bonds. The van der Waals surface area contributed by atoms with Crippen LogP contribution in [0.2, 0.25) is 0 Å². The number of aromatic nitrogens is 2. The van der Waals surface area contributed by atoms with E-state index in [0.29, 0.717) is 11.8 Å². The summed E-state index contributed by atoms with van der Waals surface area (Å²) in [7, 11) is 0. The number of rotatable bonds is 5. The molecule has 1 aromatic heterocycles. The van der Waals surface area contributed by atoms with Crippen molar-refractivity contribution in [3.63, 3.8) is 0 Å². The number of aryl methyl sites for hydroxylation is 1. The number of nitrogens with one attached hydrogen (secondary N) is 2. The summed E-state index contributed by atoms with van der Waals surface area (Å²) in [4.78, 5) is 19.5. The lowest BCUT2D eigenvalue weighted by molar-refractivity contribution is 0.0697. The summed E-state index contributed by atoms with van der Waals surface area (Å²) in [6, 6.07) is 14.1. The second-order valence-corrected chi connectivity index (χ2v) is 6.22. The fraction of sp³-hybridized carbons (Fsp3) is 0.0556. The number of carbonyl (C=O) groups is 1. The Morgan fingerprint density at radius 1 is 1.04 bits per heavy atom. The quantitative estimate of drug-likeness (QED) is 0.575. The van der Waals surface area contributed by atoms with Gasteiger partial charge < -0.3 is 15.7 Å². The van der Waals surface area contributed by atoms with Gasteiger partial charge in [0.2, 0.25) is 5.95 Å². The topological polar surface area (TPSA) is 87.1 Å². The van der Waals surface area contributed by atoms with Crippen LogP contribution >= 0.6 is 15.9 Å². The van der Waals surface area contributed by atoms with E-state index in [1.54, 1.807) is 24.4 Å². The molecule has 0 spiro atoms. The van der Waals surface area contributed by atoms with Crippen molar-refractivity contribution in [2.75, 3.05) is 10.6 Å². The minimum atomic E-state index is -0.954. The van der Waals surface area contributed by atoms with Gasteiger partial charge in [0.15, 0.2) is 0 Å². The minimum absolute atomic E-state index is 0.237. The van der Waals surface area contributed by atoms with Crippen LogP contribution in [0.5, 0.6) is 0 Å². The van der Waals surface area contributed by atoms with E-state index >= 15 is 0 Å². The van der Waals surface area contributed by atoms with Crippen LogP contribution in [0.3, 0.4) is 0 Å². The van der Waals surface area contributed by atoms with Crippen molar-refractivity contribution in [3.8, 4) is 0 Å². The monoisotopic (exact) mass is 398 g/mol. The normalized spacial score (nSPS) is 10.3. The molecule has 0 bridgehead atoms. The van der Waals surface area contributed by atoms with Gasteiger partial charge in [-0.2, -0.15) is 4.98 Å². The van der Waals surface area contributed by atoms with Crippen molar-refractivity contribution in [2.24, 2.45) is 0 Å². The molecule has 0 aliphatic carbocycles. The van der Waals surface area contributed by atoms with E-state index in [-0.39, 0.29) is 5.56 Å². The van der Waals surface area contributed by atoms with Crippen molar-refractivity contribution >= 4 is 45.0 Å². The molecule has 0 fully saturated rings. The van der Waals surface area contributed by atoms with E-state index in [0.717, 1.165) is 21.4 Å². The zero-order valence-electron chi connectivity index (χ0n) is 13.3. The molecule has 3 N–H and O–H groups in total. The van der Waals surface area contributed by atoms with Crippen molar-refractivity contribution in [3.05, 3.63) is 70.3 Å². The number of anilines is 4. The summed E-state index contributed by atoms with van der Waals surface area (Å²) in [5.41, 5.74) is 3.00. The number of benzene rings is 2. The highest BCUT2D eigenvalue weighted by molar-refractivity contribution is 9.10. The molecule has 0 unspecified atom stereocenters. The van der Waals surface area contributed by atoms with Crippen LogP contribution < -0.4 is 10.6 Å². The first kappa shape index (κ1) is 16.9. The molecule has 3 rings (SSSR count). The Hall–Kier alpha value is -2.93. The van der Waals surface area contributed by atoms with Crippen LogP contribution in [0.1, 0.15) is 15.9 Å². The summed E-state index contributed by atoms with van der Waals surface area (Å²) in [5.74, 6) is 0.110. The molecular formula is C18H15BrN4O2. The van der Waals surface area contributed by atoms with Crippen molar-refractivity contribution in [2.45, 2.75) is 6.92 Å². The third-order valence-corrected chi connectivity index (χ3v) is 4.34. The maximum atomic E-state index is 10.9. The first-order valence-electron chi connectivity index (χ1n) is 7.48. The van der Waals surface area contributed by atoms with Gasteiger partial charge in [-0.15, -0.1) is 0 Å². The van der Waals surface area contributed by atoms with Gasteiger partial charge in [-0.3, -0.25) is 0 Å². The largest absolute Gasteiger partial charge is 0.478 e. The second kappa shape index (κ2) is 7.31. The van der Waals surface area contributed by atoms with Gasteiger partial charge >= 0.3 is 5.97 Å². The van der Waals surface area contributed by atoms with E-state index in [9.17, 15) is 4.79 Å². The summed E-state index contributed by atoms with van der Waals surface area (Å²) >= 11 is 3.50. The molecule has 0 aliphatic rings. The highest BCUT2D eigenvalue weighted by Gasteiger charge is 2.04. The van der Waals surface area contributed by atoms with Crippen LogP contribution in [0.25, 0.3) is 0 Å². The van der Waals surface area contributed by atoms with Crippen LogP contribution in [0.15, 0.2) is 59.2 Å². The number of aromatic carboxylic acids is 1. The van der Waals surface area contributed by atoms with E-state index in [4.69, 9.17) is 5.11 Å². The number of carboxylic acid groups (broad SMARTS) is 1. The highest BCUT2D eigenvalue weighted by Crippen LogP contribution is 2.23. The van der Waals surface area contributed by atoms with Crippen LogP contribution in [0, 0.1) is 6.92 Å². The van der Waals surface area contributed by atoms with Crippen molar-refractivity contribution in [1.82, 2.24) is 9.97 Å². The van der Waals surface area contributed by atoms with Crippen molar-refractivity contribution < 1.29 is 9.90 Å². The average molecular weight is 399 g/mol. The number of hydrogen-bond donors (Lipinski definition) is 3. The molecule has 0 saturated heterocycles. The van der Waals surface area contributed by atoms with E-state index in [1.807, 2.05) is 25.1 Å². The third-order valence-electron chi connectivity index (χ3n) is 3.49. The molecule has 3 aromatic rings. The molecule has 6 nitrogen and oxygen atoms in total. The predicted molar refractivity (Wildman–Crippen MR) is 101 cm³/mol.